The van der Waals surface area contributed by atoms with Crippen molar-refractivity contribution in [2.45, 2.75) is 13.8 Å². The van der Waals surface area contributed by atoms with Gasteiger partial charge in [0, 0.05) is 11.8 Å². The number of nitrogens with one attached hydrogen (secondary N) is 1. The van der Waals surface area contributed by atoms with Gasteiger partial charge in [0.2, 0.25) is 11.7 Å². The molecular formula is C14H11Cl2N5O. The lowest BCUT2D eigenvalue weighted by atomic mass is 10.3. The number of benzene rings is 1. The van der Waals surface area contributed by atoms with Crippen molar-refractivity contribution in [1.29, 1.82) is 0 Å². The van der Waals surface area contributed by atoms with Gasteiger partial charge in [-0.05, 0) is 26.0 Å². The molecule has 0 aliphatic rings. The summed E-state index contributed by atoms with van der Waals surface area (Å²) in [5.41, 5.74) is 0.954. The summed E-state index contributed by atoms with van der Waals surface area (Å²) >= 11 is 12.1. The first-order chi connectivity index (χ1) is 10.5. The number of nitrogens with zero attached hydrogens (tertiary/aromatic N) is 4. The second-order valence-corrected chi connectivity index (χ2v) is 5.48. The SMILES string of the molecule is Cc1cc(=O)n2c(C)nc(Nc3cccc(Cl)c3Cl)nc2n1. The average Bonchev–Trinajstić information content (AvgIpc) is 2.42. The molecule has 1 N–H and O–H groups in total. The van der Waals surface area contributed by atoms with Crippen molar-refractivity contribution in [3.8, 4) is 0 Å². The van der Waals surface area contributed by atoms with Crippen LogP contribution in [0.3, 0.4) is 0 Å². The van der Waals surface area contributed by atoms with Crippen molar-refractivity contribution >= 4 is 40.6 Å². The first-order valence-corrected chi connectivity index (χ1v) is 7.17. The number of hydrogen-bond acceptors (Lipinski definition) is 5. The van der Waals surface area contributed by atoms with E-state index in [1.807, 2.05) is 0 Å². The summed E-state index contributed by atoms with van der Waals surface area (Å²) in [6, 6.07) is 6.64. The molecular weight excluding hydrogens is 325 g/mol. The molecule has 0 amide bonds. The van der Waals surface area contributed by atoms with Gasteiger partial charge in [-0.2, -0.15) is 9.97 Å². The molecule has 0 spiro atoms. The predicted molar refractivity (Wildman–Crippen MR) is 86.3 cm³/mol. The number of halogens is 2. The fraction of sp³-hybridized carbons (Fsp3) is 0.143. The lowest BCUT2D eigenvalue weighted by Gasteiger charge is -2.10. The number of hydrogen-bond donors (Lipinski definition) is 1. The minimum Gasteiger partial charge on any atom is -0.323 e. The molecule has 2 heterocycles. The summed E-state index contributed by atoms with van der Waals surface area (Å²) in [6.45, 7) is 3.44. The maximum absolute atomic E-state index is 12.0. The van der Waals surface area contributed by atoms with E-state index in [-0.39, 0.29) is 11.3 Å². The summed E-state index contributed by atoms with van der Waals surface area (Å²) in [4.78, 5) is 24.7. The molecule has 8 heteroatoms. The molecule has 0 saturated heterocycles. The van der Waals surface area contributed by atoms with E-state index in [0.29, 0.717) is 33.2 Å². The zero-order valence-electron chi connectivity index (χ0n) is 11.8. The third-order valence-corrected chi connectivity index (χ3v) is 3.84. The van der Waals surface area contributed by atoms with Crippen molar-refractivity contribution in [1.82, 2.24) is 19.4 Å². The fourth-order valence-corrected chi connectivity index (χ4v) is 2.41. The minimum atomic E-state index is -0.215. The molecule has 0 saturated carbocycles. The standard InChI is InChI=1S/C14H11Cl2N5O/c1-7-6-11(22)21-8(2)18-13(20-14(21)17-7)19-10-5-3-4-9(15)12(10)16/h3-6H,1-2H3,(H,17,19,20). The second-order valence-electron chi connectivity index (χ2n) is 4.69. The Morgan fingerprint density at radius 1 is 1.14 bits per heavy atom. The highest BCUT2D eigenvalue weighted by Crippen LogP contribution is 2.30. The fourth-order valence-electron chi connectivity index (χ4n) is 2.06. The minimum absolute atomic E-state index is 0.215. The van der Waals surface area contributed by atoms with Gasteiger partial charge >= 0.3 is 0 Å². The van der Waals surface area contributed by atoms with Crippen LogP contribution in [0.4, 0.5) is 11.6 Å². The average molecular weight is 336 g/mol. The van der Waals surface area contributed by atoms with Crippen LogP contribution in [0.15, 0.2) is 29.1 Å². The van der Waals surface area contributed by atoms with Crippen LogP contribution in [0.25, 0.3) is 5.78 Å². The van der Waals surface area contributed by atoms with Gasteiger partial charge in [-0.1, -0.05) is 29.3 Å². The summed E-state index contributed by atoms with van der Waals surface area (Å²) in [5, 5.41) is 3.79. The molecule has 0 unspecified atom stereocenters. The lowest BCUT2D eigenvalue weighted by Crippen LogP contribution is -2.20. The van der Waals surface area contributed by atoms with Crippen molar-refractivity contribution < 1.29 is 0 Å². The van der Waals surface area contributed by atoms with Gasteiger partial charge in [-0.25, -0.2) is 9.38 Å². The zero-order valence-corrected chi connectivity index (χ0v) is 13.3. The molecule has 3 aromatic rings. The molecule has 6 nitrogen and oxygen atoms in total. The quantitative estimate of drug-likeness (QED) is 0.778. The molecule has 0 bridgehead atoms. The van der Waals surface area contributed by atoms with E-state index in [1.165, 1.54) is 10.5 Å². The highest BCUT2D eigenvalue weighted by Gasteiger charge is 2.10. The van der Waals surface area contributed by atoms with Crippen molar-refractivity contribution in [2.24, 2.45) is 0 Å². The van der Waals surface area contributed by atoms with E-state index in [2.05, 4.69) is 20.3 Å². The monoisotopic (exact) mass is 335 g/mol. The molecule has 0 aliphatic carbocycles. The van der Waals surface area contributed by atoms with Crippen LogP contribution in [-0.2, 0) is 0 Å². The zero-order chi connectivity index (χ0) is 15.9. The second kappa shape index (κ2) is 5.55. The molecule has 3 rings (SSSR count). The van der Waals surface area contributed by atoms with Crippen LogP contribution in [0.1, 0.15) is 11.5 Å². The van der Waals surface area contributed by atoms with Crippen LogP contribution in [0.2, 0.25) is 10.0 Å². The summed E-state index contributed by atoms with van der Waals surface area (Å²) in [5.74, 6) is 1.04. The number of rotatable bonds is 2. The van der Waals surface area contributed by atoms with Crippen LogP contribution >= 0.6 is 23.2 Å². The topological polar surface area (TPSA) is 72.2 Å². The first kappa shape index (κ1) is 14.7. The van der Waals surface area contributed by atoms with Gasteiger partial charge in [0.15, 0.2) is 0 Å². The molecule has 0 atom stereocenters. The Kier molecular flexibility index (Phi) is 3.72. The third-order valence-electron chi connectivity index (χ3n) is 3.02. The van der Waals surface area contributed by atoms with E-state index in [1.54, 1.807) is 32.0 Å². The van der Waals surface area contributed by atoms with E-state index < -0.39 is 0 Å². The summed E-state index contributed by atoms with van der Waals surface area (Å²) < 4.78 is 1.34. The highest BCUT2D eigenvalue weighted by molar-refractivity contribution is 6.43. The Balaban J connectivity index is 2.13. The van der Waals surface area contributed by atoms with E-state index >= 15 is 0 Å². The van der Waals surface area contributed by atoms with Gasteiger partial charge in [-0.3, -0.25) is 4.79 Å². The molecule has 1 aromatic carbocycles. The highest BCUT2D eigenvalue weighted by atomic mass is 35.5. The Morgan fingerprint density at radius 2 is 1.91 bits per heavy atom. The van der Waals surface area contributed by atoms with Crippen LogP contribution < -0.4 is 10.9 Å². The first-order valence-electron chi connectivity index (χ1n) is 6.42. The van der Waals surface area contributed by atoms with Crippen molar-refractivity contribution in [3.63, 3.8) is 0 Å². The van der Waals surface area contributed by atoms with Gasteiger partial charge in [0.1, 0.15) is 5.82 Å². The van der Waals surface area contributed by atoms with E-state index in [0.717, 1.165) is 0 Å². The van der Waals surface area contributed by atoms with Crippen molar-refractivity contribution in [3.05, 3.63) is 56.2 Å². The molecule has 0 radical (unpaired) electrons. The number of anilines is 2. The number of aryl methyl sites for hydroxylation is 2. The number of fused-ring (bicyclic) bond motifs is 1. The summed E-state index contributed by atoms with van der Waals surface area (Å²) in [6.07, 6.45) is 0. The molecule has 0 aliphatic heterocycles. The van der Waals surface area contributed by atoms with E-state index in [4.69, 9.17) is 23.2 Å². The van der Waals surface area contributed by atoms with E-state index in [9.17, 15) is 4.79 Å². The Bertz CT molecular complexity index is 938. The lowest BCUT2D eigenvalue weighted by molar-refractivity contribution is 0.875. The molecule has 2 aromatic heterocycles. The van der Waals surface area contributed by atoms with Gasteiger partial charge in [0.05, 0.1) is 15.7 Å². The molecule has 0 fully saturated rings. The third kappa shape index (κ3) is 2.63. The molecule has 112 valence electrons. The Hall–Kier alpha value is -2.18. The normalized spacial score (nSPS) is 10.9. The largest absolute Gasteiger partial charge is 0.323 e. The van der Waals surface area contributed by atoms with Crippen molar-refractivity contribution in [2.75, 3.05) is 5.32 Å². The summed E-state index contributed by atoms with van der Waals surface area (Å²) in [7, 11) is 0. The Labute approximate surface area is 135 Å². The van der Waals surface area contributed by atoms with Crippen LogP contribution in [0.5, 0.6) is 0 Å². The maximum atomic E-state index is 12.0. The molecule has 22 heavy (non-hydrogen) atoms. The van der Waals surface area contributed by atoms with Crippen LogP contribution in [0, 0.1) is 13.8 Å². The maximum Gasteiger partial charge on any atom is 0.260 e. The number of aromatic nitrogens is 4. The van der Waals surface area contributed by atoms with Gasteiger partial charge in [0.25, 0.3) is 5.56 Å². The smallest absolute Gasteiger partial charge is 0.260 e. The predicted octanol–water partition coefficient (Wildman–Crippen LogP) is 3.15. The van der Waals surface area contributed by atoms with Crippen LogP contribution in [-0.4, -0.2) is 19.4 Å². The Morgan fingerprint density at radius 3 is 2.68 bits per heavy atom. The van der Waals surface area contributed by atoms with Gasteiger partial charge in [-0.15, -0.1) is 0 Å². The van der Waals surface area contributed by atoms with Gasteiger partial charge < -0.3 is 5.32 Å².